The van der Waals surface area contributed by atoms with Crippen molar-refractivity contribution in [1.29, 1.82) is 10.5 Å². The van der Waals surface area contributed by atoms with Crippen LogP contribution in [0.25, 0.3) is 0 Å². The first-order chi connectivity index (χ1) is 6.36. The van der Waals surface area contributed by atoms with Gasteiger partial charge in [-0.1, -0.05) is 0 Å². The summed E-state index contributed by atoms with van der Waals surface area (Å²) < 4.78 is 0. The van der Waals surface area contributed by atoms with E-state index in [0.29, 0.717) is 18.3 Å². The predicted molar refractivity (Wildman–Crippen MR) is 48.3 cm³/mol. The molecule has 68 valence electrons. The Morgan fingerprint density at radius 3 is 2.62 bits per heavy atom. The number of hydrogen-bond acceptors (Lipinski definition) is 2. The van der Waals surface area contributed by atoms with E-state index < -0.39 is 0 Å². The van der Waals surface area contributed by atoms with Crippen LogP contribution in [0.2, 0.25) is 0 Å². The number of nitriles is 2. The number of rotatable bonds is 2. The van der Waals surface area contributed by atoms with Crippen LogP contribution >= 0.6 is 0 Å². The van der Waals surface area contributed by atoms with E-state index in [-0.39, 0.29) is 5.92 Å². The summed E-state index contributed by atoms with van der Waals surface area (Å²) in [6, 6.07) is 4.63. The van der Waals surface area contributed by atoms with Gasteiger partial charge in [0.05, 0.1) is 18.1 Å². The van der Waals surface area contributed by atoms with Crippen LogP contribution in [0.3, 0.4) is 0 Å². The Balaban J connectivity index is 2.02. The summed E-state index contributed by atoms with van der Waals surface area (Å²) in [6.07, 6.45) is 5.40. The molecule has 4 atom stereocenters. The largest absolute Gasteiger partial charge is 0.198 e. The third-order valence-electron chi connectivity index (χ3n) is 3.83. The highest BCUT2D eigenvalue weighted by molar-refractivity contribution is 5.05. The summed E-state index contributed by atoms with van der Waals surface area (Å²) in [5.74, 6) is 2.25. The van der Waals surface area contributed by atoms with Gasteiger partial charge >= 0.3 is 0 Å². The van der Waals surface area contributed by atoms with Crippen LogP contribution in [-0.2, 0) is 0 Å². The van der Waals surface area contributed by atoms with E-state index in [0.717, 1.165) is 12.3 Å². The second kappa shape index (κ2) is 3.38. The molecule has 0 unspecified atom stereocenters. The highest BCUT2D eigenvalue weighted by Crippen LogP contribution is 2.53. The first-order valence-electron chi connectivity index (χ1n) is 5.13. The highest BCUT2D eigenvalue weighted by Gasteiger charge is 2.47. The fourth-order valence-corrected chi connectivity index (χ4v) is 3.26. The van der Waals surface area contributed by atoms with E-state index in [4.69, 9.17) is 10.5 Å². The lowest BCUT2D eigenvalue weighted by molar-refractivity contribution is 0.259. The Morgan fingerprint density at radius 1 is 1.15 bits per heavy atom. The Labute approximate surface area is 79.2 Å². The zero-order chi connectivity index (χ0) is 9.26. The summed E-state index contributed by atoms with van der Waals surface area (Å²) in [5, 5.41) is 17.5. The van der Waals surface area contributed by atoms with Gasteiger partial charge in [0.2, 0.25) is 0 Å². The Bertz CT molecular complexity index is 271. The fourth-order valence-electron chi connectivity index (χ4n) is 3.26. The monoisotopic (exact) mass is 174 g/mol. The molecule has 0 saturated heterocycles. The molecule has 2 nitrogen and oxygen atoms in total. The summed E-state index contributed by atoms with van der Waals surface area (Å²) in [4.78, 5) is 0. The molecule has 0 amide bonds. The lowest BCUT2D eigenvalue weighted by Gasteiger charge is -2.25. The minimum Gasteiger partial charge on any atom is -0.198 e. The molecule has 2 aliphatic rings. The molecule has 0 N–H and O–H groups in total. The van der Waals surface area contributed by atoms with Crippen LogP contribution < -0.4 is 0 Å². The van der Waals surface area contributed by atoms with Crippen molar-refractivity contribution in [2.24, 2.45) is 23.7 Å². The zero-order valence-electron chi connectivity index (χ0n) is 7.74. The first kappa shape index (κ1) is 8.57. The molecule has 2 heteroatoms. The third kappa shape index (κ3) is 1.31. The molecule has 0 aromatic heterocycles. The van der Waals surface area contributed by atoms with Crippen molar-refractivity contribution in [3.8, 4) is 12.1 Å². The number of hydrogen-bond donors (Lipinski definition) is 0. The molecular formula is C11H14N2. The van der Waals surface area contributed by atoms with Crippen LogP contribution in [0.15, 0.2) is 0 Å². The maximum absolute atomic E-state index is 9.02. The number of nitrogens with zero attached hydrogens (tertiary/aromatic N) is 2. The van der Waals surface area contributed by atoms with Gasteiger partial charge in [0, 0.05) is 6.42 Å². The molecule has 0 aromatic carbocycles. The second-order valence-electron chi connectivity index (χ2n) is 4.35. The molecule has 2 aliphatic carbocycles. The smallest absolute Gasteiger partial charge is 0.0661 e. The molecular weight excluding hydrogens is 160 g/mol. The van der Waals surface area contributed by atoms with E-state index >= 15 is 0 Å². The van der Waals surface area contributed by atoms with Crippen molar-refractivity contribution in [2.75, 3.05) is 0 Å². The maximum atomic E-state index is 9.02. The molecule has 0 heterocycles. The van der Waals surface area contributed by atoms with Crippen molar-refractivity contribution >= 4 is 0 Å². The summed E-state index contributed by atoms with van der Waals surface area (Å²) in [5.41, 5.74) is 0. The minimum absolute atomic E-state index is 0.270. The standard InChI is InChI=1S/C11H14N2/c12-5-1-2-10-8-3-4-9(6-8)11(10)7-13/h8-11H,1-4,6H2/t8-,9-,10-,11+/m0/s1. The van der Waals surface area contributed by atoms with Crippen LogP contribution in [0.1, 0.15) is 32.1 Å². The van der Waals surface area contributed by atoms with Gasteiger partial charge in [0.1, 0.15) is 0 Å². The quantitative estimate of drug-likeness (QED) is 0.645. The summed E-state index contributed by atoms with van der Waals surface area (Å²) >= 11 is 0. The molecule has 0 spiro atoms. The first-order valence-corrected chi connectivity index (χ1v) is 5.13. The van der Waals surface area contributed by atoms with Crippen LogP contribution in [0.4, 0.5) is 0 Å². The molecule has 2 bridgehead atoms. The lowest BCUT2D eigenvalue weighted by atomic mass is 9.78. The normalized spacial score (nSPS) is 41.4. The predicted octanol–water partition coefficient (Wildman–Crippen LogP) is 2.48. The van der Waals surface area contributed by atoms with Crippen molar-refractivity contribution in [3.05, 3.63) is 0 Å². The SMILES string of the molecule is N#CCC[C@H]1[C@H]2CC[C@@H](C2)[C@H]1C#N. The molecule has 0 aromatic rings. The van der Waals surface area contributed by atoms with E-state index in [1.165, 1.54) is 19.3 Å². The van der Waals surface area contributed by atoms with Gasteiger partial charge < -0.3 is 0 Å². The van der Waals surface area contributed by atoms with Gasteiger partial charge in [-0.2, -0.15) is 10.5 Å². The van der Waals surface area contributed by atoms with E-state index in [9.17, 15) is 0 Å². The second-order valence-corrected chi connectivity index (χ2v) is 4.35. The van der Waals surface area contributed by atoms with E-state index in [2.05, 4.69) is 12.1 Å². The van der Waals surface area contributed by atoms with Crippen LogP contribution in [0, 0.1) is 46.3 Å². The van der Waals surface area contributed by atoms with Gasteiger partial charge in [-0.25, -0.2) is 0 Å². The van der Waals surface area contributed by atoms with E-state index in [1.807, 2.05) is 0 Å². The summed E-state index contributed by atoms with van der Waals surface area (Å²) in [6.45, 7) is 0. The summed E-state index contributed by atoms with van der Waals surface area (Å²) in [7, 11) is 0. The van der Waals surface area contributed by atoms with Gasteiger partial charge in [-0.15, -0.1) is 0 Å². The van der Waals surface area contributed by atoms with Crippen molar-refractivity contribution in [3.63, 3.8) is 0 Å². The van der Waals surface area contributed by atoms with Gasteiger partial charge in [-0.3, -0.25) is 0 Å². The fraction of sp³-hybridized carbons (Fsp3) is 0.818. The van der Waals surface area contributed by atoms with Gasteiger partial charge in [-0.05, 0) is 43.4 Å². The molecule has 2 saturated carbocycles. The van der Waals surface area contributed by atoms with E-state index in [1.54, 1.807) is 0 Å². The minimum atomic E-state index is 0.270. The van der Waals surface area contributed by atoms with Crippen molar-refractivity contribution in [2.45, 2.75) is 32.1 Å². The topological polar surface area (TPSA) is 47.6 Å². The molecule has 0 aliphatic heterocycles. The Kier molecular flexibility index (Phi) is 2.23. The number of fused-ring (bicyclic) bond motifs is 2. The average Bonchev–Trinajstić information content (AvgIpc) is 2.73. The van der Waals surface area contributed by atoms with Crippen LogP contribution in [0.5, 0.6) is 0 Å². The lowest BCUT2D eigenvalue weighted by Crippen LogP contribution is -2.20. The Morgan fingerprint density at radius 2 is 1.92 bits per heavy atom. The zero-order valence-corrected chi connectivity index (χ0v) is 7.74. The average molecular weight is 174 g/mol. The molecule has 0 radical (unpaired) electrons. The highest BCUT2D eigenvalue weighted by atomic mass is 14.5. The van der Waals surface area contributed by atoms with Crippen molar-refractivity contribution < 1.29 is 0 Å². The van der Waals surface area contributed by atoms with Gasteiger partial charge in [0.15, 0.2) is 0 Å². The van der Waals surface area contributed by atoms with Gasteiger partial charge in [0.25, 0.3) is 0 Å². The Hall–Kier alpha value is -1.02. The van der Waals surface area contributed by atoms with Crippen molar-refractivity contribution in [1.82, 2.24) is 0 Å². The molecule has 13 heavy (non-hydrogen) atoms. The third-order valence-corrected chi connectivity index (χ3v) is 3.83. The molecule has 2 rings (SSSR count). The maximum Gasteiger partial charge on any atom is 0.0661 e. The molecule has 2 fully saturated rings. The van der Waals surface area contributed by atoms with Crippen LogP contribution in [-0.4, -0.2) is 0 Å².